The lowest BCUT2D eigenvalue weighted by atomic mass is 9.82. The van der Waals surface area contributed by atoms with Gasteiger partial charge in [-0.2, -0.15) is 0 Å². The Balaban J connectivity index is 0.733. The van der Waals surface area contributed by atoms with Crippen molar-refractivity contribution in [2.75, 3.05) is 83.6 Å². The number of amidine groups is 1. The van der Waals surface area contributed by atoms with Gasteiger partial charge in [-0.1, -0.05) is 65.7 Å². The van der Waals surface area contributed by atoms with Gasteiger partial charge in [0.2, 0.25) is 5.91 Å². The number of fused-ring (bicyclic) bond motifs is 3. The standard InChI is InChI=1S/C59H64Cl2N8O7/c1-38(2)76-53-33-47(73-3)16-17-49(53)58-65-55(40-7-12-44(60)13-8-40)56(41-9-14-45(61)15-10-41)69(58)59(72)68-26-25-66(54(71)35-68)27-28-74-29-30-75-37-63-46-6-4-5-42(31-46)43-11-18-51-50(32-43)57-48(52(36-70)64-51)21-24-67(57)34-39-19-22-62-23-20-39/h4-20,22-23,31-33,38,48,52,55-57,63-64,70H,21,24-30,34-37H2,1-3H3/t48-,52-,55-,56+,57-/m1/s1. The summed E-state index contributed by atoms with van der Waals surface area (Å²) in [5.74, 6) is 1.65. The Kier molecular flexibility index (Phi) is 16.7. The van der Waals surface area contributed by atoms with Crippen LogP contribution in [0, 0.1) is 5.92 Å². The van der Waals surface area contributed by atoms with E-state index in [4.69, 9.17) is 47.1 Å². The third-order valence-corrected chi connectivity index (χ3v) is 15.1. The average Bonchev–Trinajstić information content (AvgIpc) is 4.11. The van der Waals surface area contributed by atoms with Crippen molar-refractivity contribution >= 4 is 52.4 Å². The normalized spacial score (nSPS) is 20.3. The van der Waals surface area contributed by atoms with Crippen molar-refractivity contribution < 1.29 is 33.6 Å². The number of aromatic nitrogens is 1. The molecule has 0 aliphatic carbocycles. The van der Waals surface area contributed by atoms with Crippen molar-refractivity contribution in [1.82, 2.24) is 24.6 Å². The van der Waals surface area contributed by atoms with E-state index in [2.05, 4.69) is 63.0 Å². The van der Waals surface area contributed by atoms with Crippen LogP contribution in [0.2, 0.25) is 10.0 Å². The van der Waals surface area contributed by atoms with Crippen molar-refractivity contribution in [3.05, 3.63) is 172 Å². The fourth-order valence-corrected chi connectivity index (χ4v) is 11.2. The van der Waals surface area contributed by atoms with Crippen LogP contribution in [0.1, 0.15) is 66.2 Å². The molecule has 0 radical (unpaired) electrons. The molecule has 0 bridgehead atoms. The Morgan fingerprint density at radius 1 is 0.829 bits per heavy atom. The van der Waals surface area contributed by atoms with Crippen molar-refractivity contribution in [3.63, 3.8) is 0 Å². The minimum absolute atomic E-state index is 0.0132. The SMILES string of the molecule is COc1ccc(C2=N[C@H](c3ccc(Cl)cc3)[C@H](c3ccc(Cl)cc3)N2C(=O)N2CCN(CCOCCOCNc3cccc(-c4ccc5c(c4)[C@H]4[C@H](CCN4Cc4ccncc4)[C@@H](CO)N5)c3)C(=O)C2)c(OC(C)C)c1. The van der Waals surface area contributed by atoms with Crippen molar-refractivity contribution in [3.8, 4) is 22.6 Å². The molecule has 2 fully saturated rings. The second-order valence-electron chi connectivity index (χ2n) is 19.8. The summed E-state index contributed by atoms with van der Waals surface area (Å²) in [5, 5.41) is 18.5. The molecular weight excluding hydrogens is 1000 g/mol. The van der Waals surface area contributed by atoms with Crippen LogP contribution in [-0.4, -0.2) is 133 Å². The zero-order chi connectivity index (χ0) is 52.7. The van der Waals surface area contributed by atoms with Gasteiger partial charge in [-0.25, -0.2) is 4.79 Å². The molecule has 0 saturated carbocycles. The van der Waals surface area contributed by atoms with Crippen LogP contribution in [0.15, 0.2) is 139 Å². The van der Waals surface area contributed by atoms with Gasteiger partial charge in [0, 0.05) is 78.0 Å². The van der Waals surface area contributed by atoms with Gasteiger partial charge < -0.3 is 44.5 Å². The third kappa shape index (κ3) is 11.8. The first-order valence-corrected chi connectivity index (χ1v) is 26.7. The molecule has 0 spiro atoms. The zero-order valence-corrected chi connectivity index (χ0v) is 44.5. The van der Waals surface area contributed by atoms with Gasteiger partial charge in [0.1, 0.15) is 36.7 Å². The topological polar surface area (TPSA) is 154 Å². The minimum Gasteiger partial charge on any atom is -0.497 e. The van der Waals surface area contributed by atoms with Crippen LogP contribution in [-0.2, 0) is 20.8 Å². The highest BCUT2D eigenvalue weighted by molar-refractivity contribution is 6.30. The molecule has 10 rings (SSSR count). The van der Waals surface area contributed by atoms with E-state index in [1.807, 2.05) is 86.9 Å². The first-order chi connectivity index (χ1) is 37.0. The number of pyridine rings is 1. The quantitative estimate of drug-likeness (QED) is 0.0525. The van der Waals surface area contributed by atoms with Gasteiger partial charge in [-0.05, 0) is 133 Å². The molecular formula is C59H64Cl2N8O7. The number of urea groups is 1. The number of rotatable bonds is 19. The molecule has 15 nitrogen and oxygen atoms in total. The van der Waals surface area contributed by atoms with E-state index in [0.717, 1.165) is 53.1 Å². The fourth-order valence-electron chi connectivity index (χ4n) is 10.9. The van der Waals surface area contributed by atoms with Crippen LogP contribution >= 0.6 is 23.2 Å². The van der Waals surface area contributed by atoms with E-state index in [9.17, 15) is 9.90 Å². The number of nitrogens with one attached hydrogen (secondary N) is 2. The first kappa shape index (κ1) is 52.7. The van der Waals surface area contributed by atoms with Crippen molar-refractivity contribution in [1.29, 1.82) is 0 Å². The number of carbonyl (C=O) groups is 2. The molecule has 0 unspecified atom stereocenters. The number of carbonyl (C=O) groups excluding carboxylic acids is 2. The van der Waals surface area contributed by atoms with Crippen LogP contribution < -0.4 is 20.1 Å². The summed E-state index contributed by atoms with van der Waals surface area (Å²) in [6.07, 6.45) is 4.53. The first-order valence-electron chi connectivity index (χ1n) is 26.0. The number of likely N-dealkylation sites (tertiary alicyclic amines) is 1. The van der Waals surface area contributed by atoms with Gasteiger partial charge in [-0.15, -0.1) is 0 Å². The third-order valence-electron chi connectivity index (χ3n) is 14.6. The summed E-state index contributed by atoms with van der Waals surface area (Å²) in [6.45, 7) is 7.99. The number of aliphatic hydroxyl groups is 1. The van der Waals surface area contributed by atoms with Crippen molar-refractivity contribution in [2.45, 2.75) is 57.1 Å². The second kappa shape index (κ2) is 24.1. The molecule has 4 aliphatic heterocycles. The Labute approximate surface area is 454 Å². The fraction of sp³-hybridized carbons (Fsp3) is 0.356. The monoisotopic (exact) mass is 1070 g/mol. The maximum absolute atomic E-state index is 15.1. The van der Waals surface area contributed by atoms with Gasteiger partial charge in [-0.3, -0.25) is 24.6 Å². The summed E-state index contributed by atoms with van der Waals surface area (Å²) in [6, 6.07) is 38.2. The van der Waals surface area contributed by atoms with Gasteiger partial charge in [0.05, 0.1) is 57.3 Å². The van der Waals surface area contributed by atoms with E-state index in [0.29, 0.717) is 85.0 Å². The number of piperazine rings is 1. The smallest absolute Gasteiger partial charge is 0.326 e. The predicted molar refractivity (Wildman–Crippen MR) is 296 cm³/mol. The zero-order valence-electron chi connectivity index (χ0n) is 43.0. The molecule has 5 aromatic carbocycles. The lowest BCUT2D eigenvalue weighted by Gasteiger charge is -2.39. The summed E-state index contributed by atoms with van der Waals surface area (Å²) in [4.78, 5) is 46.0. The van der Waals surface area contributed by atoms with E-state index in [-0.39, 0.29) is 43.3 Å². The molecule has 6 aromatic rings. The number of anilines is 2. The lowest BCUT2D eigenvalue weighted by molar-refractivity contribution is -0.135. The molecule has 1 aromatic heterocycles. The number of benzene rings is 5. The van der Waals surface area contributed by atoms with Crippen LogP contribution in [0.5, 0.6) is 11.5 Å². The minimum atomic E-state index is -0.601. The van der Waals surface area contributed by atoms with E-state index < -0.39 is 12.1 Å². The average molecular weight is 1070 g/mol. The molecule has 3 amide bonds. The number of halogens is 2. The number of hydrogen-bond acceptors (Lipinski definition) is 12. The number of ether oxygens (including phenoxy) is 4. The highest BCUT2D eigenvalue weighted by Gasteiger charge is 2.46. The van der Waals surface area contributed by atoms with Crippen molar-refractivity contribution in [2.24, 2.45) is 10.9 Å². The largest absolute Gasteiger partial charge is 0.497 e. The summed E-state index contributed by atoms with van der Waals surface area (Å²) in [7, 11) is 1.59. The summed E-state index contributed by atoms with van der Waals surface area (Å²) in [5.41, 5.74) is 9.00. The molecule has 4 aliphatic rings. The maximum atomic E-state index is 15.1. The summed E-state index contributed by atoms with van der Waals surface area (Å²) < 4.78 is 23.7. The summed E-state index contributed by atoms with van der Waals surface area (Å²) >= 11 is 12.8. The molecule has 396 valence electrons. The molecule has 3 N–H and O–H groups in total. The second-order valence-corrected chi connectivity index (χ2v) is 20.7. The highest BCUT2D eigenvalue weighted by atomic mass is 35.5. The van der Waals surface area contributed by atoms with Crippen LogP contribution in [0.25, 0.3) is 11.1 Å². The maximum Gasteiger partial charge on any atom is 0.326 e. The highest BCUT2D eigenvalue weighted by Crippen LogP contribution is 2.49. The molecule has 5 atom stereocenters. The molecule has 17 heteroatoms. The number of methoxy groups -OCH3 is 1. The Hall–Kier alpha value is -6.72. The number of aliphatic hydroxyl groups excluding tert-OH is 1. The van der Waals surface area contributed by atoms with Crippen LogP contribution in [0.3, 0.4) is 0 Å². The molecule has 76 heavy (non-hydrogen) atoms. The number of hydrogen-bond donors (Lipinski definition) is 3. The van der Waals surface area contributed by atoms with Gasteiger partial charge in [0.15, 0.2) is 0 Å². The predicted octanol–water partition coefficient (Wildman–Crippen LogP) is 10.1. The van der Waals surface area contributed by atoms with Gasteiger partial charge in [0.25, 0.3) is 0 Å². The van der Waals surface area contributed by atoms with E-state index >= 15 is 4.79 Å². The number of amides is 3. The van der Waals surface area contributed by atoms with E-state index in [1.165, 1.54) is 11.1 Å². The number of aliphatic imine (C=N–C) groups is 1. The Morgan fingerprint density at radius 2 is 1.58 bits per heavy atom. The van der Waals surface area contributed by atoms with E-state index in [1.54, 1.807) is 40.0 Å². The molecule has 2 saturated heterocycles. The van der Waals surface area contributed by atoms with Crippen LogP contribution in [0.4, 0.5) is 16.2 Å². The Morgan fingerprint density at radius 3 is 2.32 bits per heavy atom. The molecule has 5 heterocycles. The lowest BCUT2D eigenvalue weighted by Crippen LogP contribution is -2.56. The Bertz CT molecular complexity index is 3000. The van der Waals surface area contributed by atoms with Gasteiger partial charge >= 0.3 is 6.03 Å². The number of nitrogens with zero attached hydrogens (tertiary/aromatic N) is 6.